The molecule has 1 heterocycles. The molecule has 1 fully saturated rings. The minimum atomic E-state index is -1.34. The second-order valence-corrected chi connectivity index (χ2v) is 9.27. The third kappa shape index (κ3) is 5.47. The summed E-state index contributed by atoms with van der Waals surface area (Å²) in [5.41, 5.74) is -0.0142. The Bertz CT molecular complexity index is 1100. The molecule has 0 radical (unpaired) electrons. The molecular formula is C26H26F2N2O2S. The zero-order valence-corrected chi connectivity index (χ0v) is 19.0. The first-order valence-corrected chi connectivity index (χ1v) is 12.1. The topological polar surface area (TPSA) is 49.4 Å². The van der Waals surface area contributed by atoms with Crippen LogP contribution >= 0.6 is 11.3 Å². The molecule has 7 heteroatoms. The number of nitrogens with zero attached hydrogens (tertiary/aromatic N) is 1. The number of halogens is 2. The van der Waals surface area contributed by atoms with Crippen LogP contribution in [0.15, 0.2) is 66.0 Å². The van der Waals surface area contributed by atoms with E-state index in [4.69, 9.17) is 0 Å². The monoisotopic (exact) mass is 468 g/mol. The van der Waals surface area contributed by atoms with Gasteiger partial charge in [-0.2, -0.15) is 0 Å². The molecule has 0 aliphatic heterocycles. The Labute approximate surface area is 196 Å². The molecule has 0 saturated heterocycles. The first kappa shape index (κ1) is 23.1. The van der Waals surface area contributed by atoms with Crippen molar-refractivity contribution in [2.24, 2.45) is 0 Å². The van der Waals surface area contributed by atoms with Gasteiger partial charge in [0.25, 0.3) is 0 Å². The van der Waals surface area contributed by atoms with E-state index in [1.807, 2.05) is 17.5 Å². The molecule has 4 nitrogen and oxygen atoms in total. The van der Waals surface area contributed by atoms with E-state index >= 15 is 0 Å². The summed E-state index contributed by atoms with van der Waals surface area (Å²) < 4.78 is 29.9. The molecule has 3 aromatic rings. The number of carbonyl (C=O) groups is 2. The number of para-hydroxylation sites is 1. The van der Waals surface area contributed by atoms with E-state index in [2.05, 4.69) is 5.32 Å². The maximum absolute atomic E-state index is 15.0. The van der Waals surface area contributed by atoms with Crippen LogP contribution in [0.1, 0.15) is 48.6 Å². The van der Waals surface area contributed by atoms with E-state index in [0.717, 1.165) is 41.9 Å². The number of amides is 2. The highest BCUT2D eigenvalue weighted by atomic mass is 32.1. The van der Waals surface area contributed by atoms with Crippen molar-refractivity contribution >= 4 is 28.8 Å². The second-order valence-electron chi connectivity index (χ2n) is 8.24. The number of anilines is 1. The van der Waals surface area contributed by atoms with Gasteiger partial charge in [-0.3, -0.25) is 14.5 Å². The van der Waals surface area contributed by atoms with Crippen molar-refractivity contribution in [1.29, 1.82) is 0 Å². The summed E-state index contributed by atoms with van der Waals surface area (Å²) in [4.78, 5) is 29.1. The van der Waals surface area contributed by atoms with Crippen molar-refractivity contribution in [2.45, 2.75) is 50.6 Å². The SMILES string of the molecule is O=C(NC1CCCCC1)[C@H](c1ccccc1F)N(C(=O)Cc1cccs1)c1ccccc1F. The Morgan fingerprint density at radius 3 is 2.30 bits per heavy atom. The Kier molecular flexibility index (Phi) is 7.50. The summed E-state index contributed by atoms with van der Waals surface area (Å²) >= 11 is 1.40. The number of rotatable bonds is 7. The van der Waals surface area contributed by atoms with Gasteiger partial charge in [0.1, 0.15) is 17.7 Å². The highest BCUT2D eigenvalue weighted by Crippen LogP contribution is 2.33. The summed E-state index contributed by atoms with van der Waals surface area (Å²) in [5, 5.41) is 4.86. The van der Waals surface area contributed by atoms with Crippen molar-refractivity contribution in [3.05, 3.63) is 88.1 Å². The molecule has 0 unspecified atom stereocenters. The van der Waals surface area contributed by atoms with Gasteiger partial charge < -0.3 is 5.32 Å². The van der Waals surface area contributed by atoms with Gasteiger partial charge >= 0.3 is 0 Å². The Morgan fingerprint density at radius 1 is 0.939 bits per heavy atom. The third-order valence-corrected chi connectivity index (χ3v) is 6.82. The average Bonchev–Trinajstić information content (AvgIpc) is 3.32. The van der Waals surface area contributed by atoms with Gasteiger partial charge in [-0.25, -0.2) is 8.78 Å². The van der Waals surface area contributed by atoms with Crippen LogP contribution in [-0.4, -0.2) is 17.9 Å². The van der Waals surface area contributed by atoms with E-state index in [-0.39, 0.29) is 23.7 Å². The van der Waals surface area contributed by atoms with Crippen LogP contribution in [0.5, 0.6) is 0 Å². The van der Waals surface area contributed by atoms with Crippen LogP contribution in [0.3, 0.4) is 0 Å². The molecule has 0 bridgehead atoms. The number of benzene rings is 2. The van der Waals surface area contributed by atoms with Crippen LogP contribution in [0.2, 0.25) is 0 Å². The maximum atomic E-state index is 15.0. The minimum absolute atomic E-state index is 0.0202. The van der Waals surface area contributed by atoms with E-state index in [9.17, 15) is 18.4 Å². The predicted molar refractivity (Wildman–Crippen MR) is 126 cm³/mol. The maximum Gasteiger partial charge on any atom is 0.248 e. The number of nitrogens with one attached hydrogen (secondary N) is 1. The van der Waals surface area contributed by atoms with Gasteiger partial charge in [-0.1, -0.05) is 55.7 Å². The van der Waals surface area contributed by atoms with Gasteiger partial charge in [0.2, 0.25) is 11.8 Å². The van der Waals surface area contributed by atoms with Crippen molar-refractivity contribution in [2.75, 3.05) is 4.90 Å². The van der Waals surface area contributed by atoms with Crippen LogP contribution in [0, 0.1) is 11.6 Å². The lowest BCUT2D eigenvalue weighted by Crippen LogP contribution is -2.48. The molecule has 33 heavy (non-hydrogen) atoms. The van der Waals surface area contributed by atoms with Crippen molar-refractivity contribution in [1.82, 2.24) is 5.32 Å². The highest BCUT2D eigenvalue weighted by Gasteiger charge is 2.36. The van der Waals surface area contributed by atoms with Crippen molar-refractivity contribution in [3.8, 4) is 0 Å². The fourth-order valence-corrected chi connectivity index (χ4v) is 5.03. The summed E-state index contributed by atoms with van der Waals surface area (Å²) in [6.07, 6.45) is 4.77. The summed E-state index contributed by atoms with van der Waals surface area (Å²) in [7, 11) is 0. The first-order valence-electron chi connectivity index (χ1n) is 11.2. The van der Waals surface area contributed by atoms with Gasteiger partial charge in [0.15, 0.2) is 0 Å². The third-order valence-electron chi connectivity index (χ3n) is 5.94. The molecule has 1 aliphatic rings. The van der Waals surface area contributed by atoms with E-state index in [1.165, 1.54) is 47.7 Å². The van der Waals surface area contributed by atoms with Gasteiger partial charge in [0.05, 0.1) is 12.1 Å². The average molecular weight is 469 g/mol. The highest BCUT2D eigenvalue weighted by molar-refractivity contribution is 7.10. The molecule has 1 aromatic heterocycles. The fraction of sp³-hybridized carbons (Fsp3) is 0.308. The van der Waals surface area contributed by atoms with Gasteiger partial charge in [0, 0.05) is 16.5 Å². The summed E-state index contributed by atoms with van der Waals surface area (Å²) in [5.74, 6) is -2.25. The van der Waals surface area contributed by atoms with E-state index in [1.54, 1.807) is 12.1 Å². The number of hydrogen-bond donors (Lipinski definition) is 1. The smallest absolute Gasteiger partial charge is 0.248 e. The lowest BCUT2D eigenvalue weighted by atomic mass is 9.94. The standard InChI is InChI=1S/C26H26F2N2O2S/c27-21-13-5-4-12-20(21)25(26(32)29-18-9-2-1-3-10-18)30(23-15-7-6-14-22(23)28)24(31)17-19-11-8-16-33-19/h4-8,11-16,18,25H,1-3,9-10,17H2,(H,29,32)/t25-/m0/s1. The largest absolute Gasteiger partial charge is 0.351 e. The Balaban J connectivity index is 1.78. The van der Waals surface area contributed by atoms with Crippen molar-refractivity contribution < 1.29 is 18.4 Å². The molecule has 1 atom stereocenters. The number of carbonyl (C=O) groups excluding carboxylic acids is 2. The lowest BCUT2D eigenvalue weighted by Gasteiger charge is -2.33. The molecule has 1 saturated carbocycles. The van der Waals surface area contributed by atoms with Crippen molar-refractivity contribution in [3.63, 3.8) is 0 Å². The molecule has 1 aliphatic carbocycles. The first-order chi connectivity index (χ1) is 16.0. The van der Waals surface area contributed by atoms with Crippen LogP contribution in [0.25, 0.3) is 0 Å². The normalized spacial score (nSPS) is 15.1. The molecular weight excluding hydrogens is 442 g/mol. The summed E-state index contributed by atoms with van der Waals surface area (Å²) in [6, 6.07) is 13.9. The number of thiophene rings is 1. The minimum Gasteiger partial charge on any atom is -0.351 e. The zero-order chi connectivity index (χ0) is 23.2. The second kappa shape index (κ2) is 10.7. The predicted octanol–water partition coefficient (Wildman–Crippen LogP) is 5.79. The summed E-state index contributed by atoms with van der Waals surface area (Å²) in [6.45, 7) is 0. The Morgan fingerprint density at radius 2 is 1.64 bits per heavy atom. The van der Waals surface area contributed by atoms with Gasteiger partial charge in [-0.05, 0) is 42.5 Å². The van der Waals surface area contributed by atoms with E-state index < -0.39 is 29.5 Å². The van der Waals surface area contributed by atoms with Gasteiger partial charge in [-0.15, -0.1) is 11.3 Å². The van der Waals surface area contributed by atoms with Crippen LogP contribution in [0.4, 0.5) is 14.5 Å². The molecule has 2 aromatic carbocycles. The molecule has 172 valence electrons. The number of hydrogen-bond acceptors (Lipinski definition) is 3. The van der Waals surface area contributed by atoms with E-state index in [0.29, 0.717) is 0 Å². The fourth-order valence-electron chi connectivity index (χ4n) is 4.33. The zero-order valence-electron chi connectivity index (χ0n) is 18.2. The quantitative estimate of drug-likeness (QED) is 0.477. The lowest BCUT2D eigenvalue weighted by molar-refractivity contribution is -0.127. The van der Waals surface area contributed by atoms with Crippen LogP contribution in [-0.2, 0) is 16.0 Å². The Hall–Kier alpha value is -3.06. The molecule has 2 amide bonds. The van der Waals surface area contributed by atoms with Crippen LogP contribution < -0.4 is 10.2 Å². The molecule has 4 rings (SSSR count). The molecule has 1 N–H and O–H groups in total. The molecule has 0 spiro atoms.